The summed E-state index contributed by atoms with van der Waals surface area (Å²) in [6.45, 7) is 20.1. The van der Waals surface area contributed by atoms with E-state index in [-0.39, 0.29) is 16.9 Å². The lowest BCUT2D eigenvalue weighted by Gasteiger charge is -2.41. The zero-order valence-electron chi connectivity index (χ0n) is 15.1. The van der Waals surface area contributed by atoms with Gasteiger partial charge >= 0.3 is 0 Å². The first-order valence-corrected chi connectivity index (χ1v) is 7.90. The monoisotopic (exact) mass is 280 g/mol. The maximum Gasteiger partial charge on any atom is 0.0530 e. The largest absolute Gasteiger partial charge is 0.322 e. The van der Waals surface area contributed by atoms with E-state index in [1.807, 2.05) is 19.2 Å². The standard InChI is InChI=1S/C18H36N2/c1-10-15(20-11-13(2)3)16(19)18(8,9)12-17(6,7)14(4)5/h10-11,13-14,16H,12,19H2,1-9H3/b15-10-,20-11?. The first kappa shape index (κ1) is 19.4. The van der Waals surface area contributed by atoms with Gasteiger partial charge in [0.25, 0.3) is 0 Å². The first-order chi connectivity index (χ1) is 8.94. The summed E-state index contributed by atoms with van der Waals surface area (Å²) in [5.41, 5.74) is 7.83. The second-order valence-corrected chi connectivity index (χ2v) is 8.02. The quantitative estimate of drug-likeness (QED) is 0.652. The average molecular weight is 280 g/mol. The zero-order chi connectivity index (χ0) is 16.1. The van der Waals surface area contributed by atoms with Crippen molar-refractivity contribution in [3.05, 3.63) is 11.8 Å². The molecule has 0 bridgehead atoms. The number of allylic oxidation sites excluding steroid dienone is 1. The van der Waals surface area contributed by atoms with Crippen LogP contribution in [0.5, 0.6) is 0 Å². The smallest absolute Gasteiger partial charge is 0.0530 e. The summed E-state index contributed by atoms with van der Waals surface area (Å²) < 4.78 is 0. The van der Waals surface area contributed by atoms with E-state index in [9.17, 15) is 0 Å². The minimum atomic E-state index is -0.0273. The van der Waals surface area contributed by atoms with E-state index in [0.717, 1.165) is 12.1 Å². The Balaban J connectivity index is 5.09. The van der Waals surface area contributed by atoms with Gasteiger partial charge in [0.1, 0.15) is 0 Å². The molecule has 1 unspecified atom stereocenters. The van der Waals surface area contributed by atoms with Crippen LogP contribution in [0.4, 0.5) is 0 Å². The molecule has 0 aromatic carbocycles. The topological polar surface area (TPSA) is 38.4 Å². The SMILES string of the molecule is C/C=C(\N=CC(C)C)C(N)C(C)(C)CC(C)(C)C(C)C. The molecule has 0 aromatic rings. The van der Waals surface area contributed by atoms with Crippen LogP contribution in [0.25, 0.3) is 0 Å². The van der Waals surface area contributed by atoms with Crippen LogP contribution < -0.4 is 5.73 Å². The highest BCUT2D eigenvalue weighted by Gasteiger charge is 2.36. The fraction of sp³-hybridized carbons (Fsp3) is 0.833. The molecule has 0 spiro atoms. The van der Waals surface area contributed by atoms with Gasteiger partial charge < -0.3 is 5.73 Å². The van der Waals surface area contributed by atoms with Gasteiger partial charge in [-0.05, 0) is 36.0 Å². The Morgan fingerprint density at radius 2 is 1.55 bits per heavy atom. The van der Waals surface area contributed by atoms with Crippen LogP contribution in [0.2, 0.25) is 0 Å². The third-order valence-corrected chi connectivity index (χ3v) is 4.45. The average Bonchev–Trinajstić information content (AvgIpc) is 2.27. The van der Waals surface area contributed by atoms with Gasteiger partial charge in [0.05, 0.1) is 11.7 Å². The summed E-state index contributed by atoms with van der Waals surface area (Å²) in [6.07, 6.45) is 5.12. The van der Waals surface area contributed by atoms with Crippen molar-refractivity contribution in [2.45, 2.75) is 74.8 Å². The highest BCUT2D eigenvalue weighted by atomic mass is 14.8. The second kappa shape index (κ2) is 7.40. The van der Waals surface area contributed by atoms with Crippen LogP contribution in [-0.2, 0) is 0 Å². The van der Waals surface area contributed by atoms with E-state index in [1.165, 1.54) is 0 Å². The number of hydrogen-bond acceptors (Lipinski definition) is 2. The molecule has 0 radical (unpaired) electrons. The third kappa shape index (κ3) is 5.78. The van der Waals surface area contributed by atoms with E-state index in [2.05, 4.69) is 60.4 Å². The van der Waals surface area contributed by atoms with Crippen molar-refractivity contribution >= 4 is 6.21 Å². The molecular formula is C18H36N2. The molecule has 0 aliphatic rings. The fourth-order valence-corrected chi connectivity index (χ4v) is 2.46. The lowest BCUT2D eigenvalue weighted by atomic mass is 9.66. The van der Waals surface area contributed by atoms with Gasteiger partial charge in [-0.3, -0.25) is 4.99 Å². The molecule has 0 heterocycles. The van der Waals surface area contributed by atoms with Gasteiger partial charge in [-0.25, -0.2) is 0 Å². The van der Waals surface area contributed by atoms with E-state index in [1.54, 1.807) is 0 Å². The molecule has 0 saturated heterocycles. The maximum atomic E-state index is 6.52. The molecule has 2 nitrogen and oxygen atoms in total. The molecule has 0 saturated carbocycles. The molecule has 0 fully saturated rings. The first-order valence-electron chi connectivity index (χ1n) is 7.90. The summed E-state index contributed by atoms with van der Waals surface area (Å²) in [4.78, 5) is 4.59. The highest BCUT2D eigenvalue weighted by Crippen LogP contribution is 2.41. The number of hydrogen-bond donors (Lipinski definition) is 1. The van der Waals surface area contributed by atoms with Crippen molar-refractivity contribution in [2.75, 3.05) is 0 Å². The molecule has 0 aliphatic carbocycles. The number of rotatable bonds is 7. The van der Waals surface area contributed by atoms with Crippen LogP contribution in [-0.4, -0.2) is 12.3 Å². The highest BCUT2D eigenvalue weighted by molar-refractivity contribution is 5.61. The van der Waals surface area contributed by atoms with Crippen LogP contribution >= 0.6 is 0 Å². The van der Waals surface area contributed by atoms with Crippen molar-refractivity contribution in [1.29, 1.82) is 0 Å². The minimum absolute atomic E-state index is 0.0273. The predicted molar refractivity (Wildman–Crippen MR) is 92.1 cm³/mol. The molecule has 2 heteroatoms. The van der Waals surface area contributed by atoms with Gasteiger partial charge in [-0.2, -0.15) is 0 Å². The van der Waals surface area contributed by atoms with Gasteiger partial charge in [0, 0.05) is 6.21 Å². The van der Waals surface area contributed by atoms with Crippen LogP contribution in [0.15, 0.2) is 16.8 Å². The van der Waals surface area contributed by atoms with Crippen molar-refractivity contribution in [1.82, 2.24) is 0 Å². The third-order valence-electron chi connectivity index (χ3n) is 4.45. The van der Waals surface area contributed by atoms with Crippen molar-refractivity contribution in [3.8, 4) is 0 Å². The lowest BCUT2D eigenvalue weighted by molar-refractivity contribution is 0.126. The van der Waals surface area contributed by atoms with Gasteiger partial charge in [-0.1, -0.05) is 61.5 Å². The molecule has 1 atom stereocenters. The number of aliphatic imine (C=N–C) groups is 1. The van der Waals surface area contributed by atoms with Crippen molar-refractivity contribution in [2.24, 2.45) is 33.4 Å². The Kier molecular flexibility index (Phi) is 7.17. The van der Waals surface area contributed by atoms with Crippen LogP contribution in [0, 0.1) is 22.7 Å². The normalized spacial score (nSPS) is 16.5. The Hall–Kier alpha value is -0.630. The van der Waals surface area contributed by atoms with Crippen LogP contribution in [0.1, 0.15) is 68.7 Å². The summed E-state index contributed by atoms with van der Waals surface area (Å²) in [6, 6.07) is -0.0273. The molecule has 118 valence electrons. The molecular weight excluding hydrogens is 244 g/mol. The van der Waals surface area contributed by atoms with Crippen LogP contribution in [0.3, 0.4) is 0 Å². The van der Waals surface area contributed by atoms with Crippen molar-refractivity contribution < 1.29 is 0 Å². The zero-order valence-corrected chi connectivity index (χ0v) is 15.1. The van der Waals surface area contributed by atoms with E-state index in [4.69, 9.17) is 5.73 Å². The maximum absolute atomic E-state index is 6.52. The second-order valence-electron chi connectivity index (χ2n) is 8.02. The predicted octanol–water partition coefficient (Wildman–Crippen LogP) is 5.04. The van der Waals surface area contributed by atoms with Gasteiger partial charge in [0.2, 0.25) is 0 Å². The molecule has 2 N–H and O–H groups in total. The Bertz CT molecular complexity index is 346. The summed E-state index contributed by atoms with van der Waals surface area (Å²) in [5, 5.41) is 0. The Morgan fingerprint density at radius 3 is 1.90 bits per heavy atom. The summed E-state index contributed by atoms with van der Waals surface area (Å²) in [5.74, 6) is 1.09. The molecule has 0 amide bonds. The summed E-state index contributed by atoms with van der Waals surface area (Å²) >= 11 is 0. The van der Waals surface area contributed by atoms with E-state index < -0.39 is 0 Å². The molecule has 0 aromatic heterocycles. The Labute approximate surface area is 126 Å². The Morgan fingerprint density at radius 1 is 1.05 bits per heavy atom. The van der Waals surface area contributed by atoms with Gasteiger partial charge in [-0.15, -0.1) is 0 Å². The minimum Gasteiger partial charge on any atom is -0.322 e. The lowest BCUT2D eigenvalue weighted by Crippen LogP contribution is -2.42. The van der Waals surface area contributed by atoms with Crippen molar-refractivity contribution in [3.63, 3.8) is 0 Å². The summed E-state index contributed by atoms with van der Waals surface area (Å²) in [7, 11) is 0. The van der Waals surface area contributed by atoms with E-state index in [0.29, 0.717) is 11.8 Å². The fourth-order valence-electron chi connectivity index (χ4n) is 2.46. The van der Waals surface area contributed by atoms with E-state index >= 15 is 0 Å². The molecule has 20 heavy (non-hydrogen) atoms. The number of nitrogens with two attached hydrogens (primary N) is 1. The van der Waals surface area contributed by atoms with Gasteiger partial charge in [0.15, 0.2) is 0 Å². The molecule has 0 aliphatic heterocycles. The number of nitrogens with zero attached hydrogens (tertiary/aromatic N) is 1. The molecule has 0 rings (SSSR count).